The van der Waals surface area contributed by atoms with Crippen LogP contribution in [-0.4, -0.2) is 10.9 Å². The number of amides is 1. The molecule has 0 saturated carbocycles. The predicted molar refractivity (Wildman–Crippen MR) is 61.7 cm³/mol. The Morgan fingerprint density at radius 3 is 2.93 bits per heavy atom. The number of rotatable bonds is 5. The Labute approximate surface area is 90.9 Å². The Morgan fingerprint density at radius 1 is 1.47 bits per heavy atom. The lowest BCUT2D eigenvalue weighted by Gasteiger charge is -2.06. The van der Waals surface area contributed by atoms with Crippen molar-refractivity contribution >= 4 is 11.7 Å². The first-order valence-electron chi connectivity index (χ1n) is 5.45. The van der Waals surface area contributed by atoms with Crippen LogP contribution in [0.25, 0.3) is 0 Å². The Morgan fingerprint density at radius 2 is 2.27 bits per heavy atom. The number of hydrogen-bond donors (Lipinski definition) is 1. The topological polar surface area (TPSA) is 42.0 Å². The van der Waals surface area contributed by atoms with E-state index in [4.69, 9.17) is 0 Å². The molecular formula is C12H18N2O. The third-order valence-electron chi connectivity index (χ3n) is 2.27. The van der Waals surface area contributed by atoms with Crippen LogP contribution < -0.4 is 5.32 Å². The number of carbonyl (C=O) groups is 1. The zero-order chi connectivity index (χ0) is 11.1. The minimum atomic E-state index is 0.0604. The van der Waals surface area contributed by atoms with E-state index >= 15 is 0 Å². The van der Waals surface area contributed by atoms with Crippen LogP contribution in [0.2, 0.25) is 0 Å². The Hall–Kier alpha value is -1.38. The van der Waals surface area contributed by atoms with Crippen molar-refractivity contribution in [2.75, 3.05) is 5.32 Å². The Bertz CT molecular complexity index is 323. The van der Waals surface area contributed by atoms with Gasteiger partial charge in [0.15, 0.2) is 0 Å². The fourth-order valence-corrected chi connectivity index (χ4v) is 1.35. The molecule has 0 radical (unpaired) electrons. The van der Waals surface area contributed by atoms with Gasteiger partial charge >= 0.3 is 0 Å². The maximum absolute atomic E-state index is 11.5. The molecule has 3 nitrogen and oxygen atoms in total. The van der Waals surface area contributed by atoms with Crippen molar-refractivity contribution in [2.24, 2.45) is 0 Å². The van der Waals surface area contributed by atoms with E-state index in [1.54, 1.807) is 6.20 Å². The van der Waals surface area contributed by atoms with Crippen molar-refractivity contribution < 1.29 is 4.79 Å². The summed E-state index contributed by atoms with van der Waals surface area (Å²) in [6, 6.07) is 3.80. The van der Waals surface area contributed by atoms with Gasteiger partial charge in [0.1, 0.15) is 5.82 Å². The summed E-state index contributed by atoms with van der Waals surface area (Å²) >= 11 is 0. The molecule has 15 heavy (non-hydrogen) atoms. The van der Waals surface area contributed by atoms with Crippen LogP contribution >= 0.6 is 0 Å². The van der Waals surface area contributed by atoms with Crippen LogP contribution in [0.3, 0.4) is 0 Å². The summed E-state index contributed by atoms with van der Waals surface area (Å²) < 4.78 is 0. The lowest BCUT2D eigenvalue weighted by atomic mass is 10.2. The van der Waals surface area contributed by atoms with Crippen molar-refractivity contribution in [3.05, 3.63) is 23.9 Å². The van der Waals surface area contributed by atoms with E-state index in [1.165, 1.54) is 0 Å². The number of pyridine rings is 1. The second-order valence-electron chi connectivity index (χ2n) is 3.67. The fourth-order valence-electron chi connectivity index (χ4n) is 1.35. The zero-order valence-electron chi connectivity index (χ0n) is 9.42. The van der Waals surface area contributed by atoms with Gasteiger partial charge < -0.3 is 5.32 Å². The van der Waals surface area contributed by atoms with Crippen LogP contribution in [0.5, 0.6) is 0 Å². The molecule has 1 amide bonds. The number of nitrogens with one attached hydrogen (secondary N) is 1. The van der Waals surface area contributed by atoms with Gasteiger partial charge in [0.25, 0.3) is 0 Å². The van der Waals surface area contributed by atoms with Gasteiger partial charge in [-0.3, -0.25) is 4.79 Å². The van der Waals surface area contributed by atoms with Crippen LogP contribution in [0, 0.1) is 6.92 Å². The first kappa shape index (κ1) is 11.7. The summed E-state index contributed by atoms with van der Waals surface area (Å²) in [5.41, 5.74) is 1.00. The molecular weight excluding hydrogens is 188 g/mol. The highest BCUT2D eigenvalue weighted by Crippen LogP contribution is 2.10. The average molecular weight is 206 g/mol. The molecule has 1 aromatic heterocycles. The number of aromatic nitrogens is 1. The molecule has 0 unspecified atom stereocenters. The SMILES string of the molecule is CCCCCC(=O)Nc1ncccc1C. The van der Waals surface area contributed by atoms with Crippen molar-refractivity contribution in [1.82, 2.24) is 4.98 Å². The van der Waals surface area contributed by atoms with Crippen molar-refractivity contribution in [3.8, 4) is 0 Å². The molecule has 3 heteroatoms. The molecule has 0 atom stereocenters. The number of hydrogen-bond acceptors (Lipinski definition) is 2. The first-order valence-corrected chi connectivity index (χ1v) is 5.45. The van der Waals surface area contributed by atoms with Crippen LogP contribution in [0.15, 0.2) is 18.3 Å². The van der Waals surface area contributed by atoms with Crippen LogP contribution in [-0.2, 0) is 4.79 Å². The van der Waals surface area contributed by atoms with E-state index in [0.29, 0.717) is 12.2 Å². The molecule has 1 rings (SSSR count). The summed E-state index contributed by atoms with van der Waals surface area (Å²) in [5.74, 6) is 0.740. The minimum absolute atomic E-state index is 0.0604. The molecule has 1 aromatic rings. The second kappa shape index (κ2) is 6.17. The smallest absolute Gasteiger partial charge is 0.225 e. The van der Waals surface area contributed by atoms with E-state index < -0.39 is 0 Å². The lowest BCUT2D eigenvalue weighted by molar-refractivity contribution is -0.116. The van der Waals surface area contributed by atoms with Gasteiger partial charge in [-0.1, -0.05) is 25.8 Å². The van der Waals surface area contributed by atoms with Crippen molar-refractivity contribution in [3.63, 3.8) is 0 Å². The van der Waals surface area contributed by atoms with E-state index in [9.17, 15) is 4.79 Å². The predicted octanol–water partition coefficient (Wildman–Crippen LogP) is 2.91. The second-order valence-corrected chi connectivity index (χ2v) is 3.67. The number of nitrogens with zero attached hydrogens (tertiary/aromatic N) is 1. The van der Waals surface area contributed by atoms with E-state index in [1.807, 2.05) is 19.1 Å². The molecule has 0 spiro atoms. The van der Waals surface area contributed by atoms with E-state index in [0.717, 1.165) is 24.8 Å². The maximum atomic E-state index is 11.5. The van der Waals surface area contributed by atoms with Crippen LogP contribution in [0.4, 0.5) is 5.82 Å². The third kappa shape index (κ3) is 4.11. The van der Waals surface area contributed by atoms with Crippen LogP contribution in [0.1, 0.15) is 38.2 Å². The zero-order valence-corrected chi connectivity index (χ0v) is 9.42. The molecule has 1 N–H and O–H groups in total. The first-order chi connectivity index (χ1) is 7.24. The van der Waals surface area contributed by atoms with Gasteiger partial charge in [-0.05, 0) is 25.0 Å². The molecule has 82 valence electrons. The fraction of sp³-hybridized carbons (Fsp3) is 0.500. The lowest BCUT2D eigenvalue weighted by Crippen LogP contribution is -2.13. The summed E-state index contributed by atoms with van der Waals surface area (Å²) in [6.45, 7) is 4.06. The van der Waals surface area contributed by atoms with E-state index in [2.05, 4.69) is 17.2 Å². The molecule has 0 aromatic carbocycles. The highest BCUT2D eigenvalue weighted by Gasteiger charge is 2.04. The standard InChI is InChI=1S/C12H18N2O/c1-3-4-5-8-11(15)14-12-10(2)7-6-9-13-12/h6-7,9H,3-5,8H2,1-2H3,(H,13,14,15). The summed E-state index contributed by atoms with van der Waals surface area (Å²) in [4.78, 5) is 15.6. The average Bonchev–Trinajstić information content (AvgIpc) is 2.22. The normalized spacial score (nSPS) is 10.0. The molecule has 1 heterocycles. The highest BCUT2D eigenvalue weighted by molar-refractivity contribution is 5.90. The number of anilines is 1. The monoisotopic (exact) mass is 206 g/mol. The van der Waals surface area contributed by atoms with Crippen molar-refractivity contribution in [2.45, 2.75) is 39.5 Å². The highest BCUT2D eigenvalue weighted by atomic mass is 16.1. The Kier molecular flexibility index (Phi) is 4.81. The van der Waals surface area contributed by atoms with E-state index in [-0.39, 0.29) is 5.91 Å². The third-order valence-corrected chi connectivity index (χ3v) is 2.27. The quantitative estimate of drug-likeness (QED) is 0.753. The molecule has 0 fully saturated rings. The van der Waals surface area contributed by atoms with Gasteiger partial charge in [0.2, 0.25) is 5.91 Å². The van der Waals surface area contributed by atoms with Gasteiger partial charge in [0.05, 0.1) is 0 Å². The van der Waals surface area contributed by atoms with Gasteiger partial charge in [-0.15, -0.1) is 0 Å². The molecule has 0 saturated heterocycles. The van der Waals surface area contributed by atoms with Crippen molar-refractivity contribution in [1.29, 1.82) is 0 Å². The van der Waals surface area contributed by atoms with Gasteiger partial charge in [-0.25, -0.2) is 4.98 Å². The molecule has 0 bridgehead atoms. The van der Waals surface area contributed by atoms with Gasteiger partial charge in [-0.2, -0.15) is 0 Å². The summed E-state index contributed by atoms with van der Waals surface area (Å²) in [5, 5.41) is 2.82. The van der Waals surface area contributed by atoms with Gasteiger partial charge in [0, 0.05) is 12.6 Å². The molecule has 0 aliphatic rings. The number of unbranched alkanes of at least 4 members (excludes halogenated alkanes) is 2. The minimum Gasteiger partial charge on any atom is -0.310 e. The largest absolute Gasteiger partial charge is 0.310 e. The maximum Gasteiger partial charge on any atom is 0.225 e. The number of aryl methyl sites for hydroxylation is 1. The molecule has 0 aliphatic heterocycles. The summed E-state index contributed by atoms with van der Waals surface area (Å²) in [6.07, 6.45) is 5.47. The molecule has 0 aliphatic carbocycles. The Balaban J connectivity index is 2.41. The summed E-state index contributed by atoms with van der Waals surface area (Å²) in [7, 11) is 0. The number of carbonyl (C=O) groups excluding carboxylic acids is 1.